The normalized spacial score (nSPS) is 10.4. The average molecular weight is 552 g/mol. The number of rotatable bonds is 12. The third kappa shape index (κ3) is 7.90. The molecule has 1 amide bonds. The fraction of sp³-hybridized carbons (Fsp3) is 0.310. The lowest BCUT2D eigenvalue weighted by Gasteiger charge is -2.26. The second-order valence-electron chi connectivity index (χ2n) is 8.07. The number of nitrogens with one attached hydrogen (secondary N) is 1. The van der Waals surface area contributed by atoms with E-state index in [0.29, 0.717) is 60.4 Å². The van der Waals surface area contributed by atoms with Gasteiger partial charge in [0, 0.05) is 23.6 Å². The Hall–Kier alpha value is -4.18. The second-order valence-corrected chi connectivity index (χ2v) is 8.46. The first kappa shape index (κ1) is 29.4. The summed E-state index contributed by atoms with van der Waals surface area (Å²) in [5.74, 6) is 0.412. The van der Waals surface area contributed by atoms with Crippen LogP contribution < -0.4 is 24.4 Å². The van der Waals surface area contributed by atoms with Crippen LogP contribution in [0.2, 0.25) is 0 Å². The fourth-order valence-electron chi connectivity index (χ4n) is 3.70. The van der Waals surface area contributed by atoms with Crippen LogP contribution in [0.25, 0.3) is 0 Å². The first-order valence-corrected chi connectivity index (χ1v) is 13.2. The van der Waals surface area contributed by atoms with Crippen LogP contribution in [0.5, 0.6) is 17.2 Å². The molecule has 10 heteroatoms. The molecule has 0 radical (unpaired) electrons. The molecule has 1 N–H and O–H groups in total. The van der Waals surface area contributed by atoms with Gasteiger partial charge in [0.05, 0.1) is 38.5 Å². The van der Waals surface area contributed by atoms with Crippen molar-refractivity contribution in [2.75, 3.05) is 31.3 Å². The Balaban J connectivity index is 1.91. The van der Waals surface area contributed by atoms with Crippen molar-refractivity contribution in [1.29, 1.82) is 0 Å². The molecule has 0 saturated carbocycles. The highest BCUT2D eigenvalue weighted by Crippen LogP contribution is 2.39. The third-order valence-electron chi connectivity index (χ3n) is 5.42. The third-order valence-corrected chi connectivity index (χ3v) is 5.74. The number of anilines is 1. The van der Waals surface area contributed by atoms with E-state index in [9.17, 15) is 9.59 Å². The molecular formula is C29H33N3O6S. The number of aromatic nitrogens is 1. The Morgan fingerprint density at radius 1 is 0.821 bits per heavy atom. The van der Waals surface area contributed by atoms with Crippen LogP contribution in [0.1, 0.15) is 54.0 Å². The van der Waals surface area contributed by atoms with Crippen molar-refractivity contribution in [2.45, 2.75) is 34.2 Å². The van der Waals surface area contributed by atoms with E-state index < -0.39 is 11.9 Å². The van der Waals surface area contributed by atoms with Gasteiger partial charge in [-0.25, -0.2) is 4.79 Å². The minimum Gasteiger partial charge on any atom is -0.490 e. The average Bonchev–Trinajstić information content (AvgIpc) is 2.94. The Labute approximate surface area is 234 Å². The highest BCUT2D eigenvalue weighted by molar-refractivity contribution is 7.80. The first-order valence-electron chi connectivity index (χ1n) is 12.8. The van der Waals surface area contributed by atoms with Crippen molar-refractivity contribution < 1.29 is 28.5 Å². The maximum absolute atomic E-state index is 13.4. The molecule has 1 heterocycles. The summed E-state index contributed by atoms with van der Waals surface area (Å²) in [4.78, 5) is 31.3. The predicted octanol–water partition coefficient (Wildman–Crippen LogP) is 5.18. The van der Waals surface area contributed by atoms with Gasteiger partial charge >= 0.3 is 5.97 Å². The zero-order valence-corrected chi connectivity index (χ0v) is 23.4. The lowest BCUT2D eigenvalue weighted by molar-refractivity contribution is 0.0526. The van der Waals surface area contributed by atoms with Crippen LogP contribution in [-0.4, -0.2) is 48.4 Å². The number of amides is 1. The minimum atomic E-state index is -0.437. The van der Waals surface area contributed by atoms with E-state index in [4.69, 9.17) is 31.2 Å². The molecule has 3 rings (SSSR count). The molecule has 2 aromatic carbocycles. The van der Waals surface area contributed by atoms with Gasteiger partial charge in [-0.1, -0.05) is 0 Å². The maximum atomic E-state index is 13.4. The molecule has 1 aromatic heterocycles. The lowest BCUT2D eigenvalue weighted by Crippen LogP contribution is -2.42. The Morgan fingerprint density at radius 3 is 1.95 bits per heavy atom. The van der Waals surface area contributed by atoms with E-state index >= 15 is 0 Å². The van der Waals surface area contributed by atoms with Crippen molar-refractivity contribution in [1.82, 2.24) is 10.3 Å². The summed E-state index contributed by atoms with van der Waals surface area (Å²) in [6.45, 7) is 9.14. The summed E-state index contributed by atoms with van der Waals surface area (Å²) in [6, 6.07) is 13.8. The minimum absolute atomic E-state index is 0.172. The molecular weight excluding hydrogens is 518 g/mol. The van der Waals surface area contributed by atoms with E-state index in [2.05, 4.69) is 10.3 Å². The zero-order valence-electron chi connectivity index (χ0n) is 22.6. The van der Waals surface area contributed by atoms with Crippen LogP contribution >= 0.6 is 12.2 Å². The van der Waals surface area contributed by atoms with Gasteiger partial charge in [0.1, 0.15) is 0 Å². The highest BCUT2D eigenvalue weighted by atomic mass is 32.1. The number of ether oxygens (including phenoxy) is 4. The SMILES string of the molecule is CCOC(=O)c1ccc(N(Cc2ccncc2)C(=S)NC(=O)c2cc(OCC)c(OCC)c(OCC)c2)cc1. The summed E-state index contributed by atoms with van der Waals surface area (Å²) < 4.78 is 22.3. The molecule has 0 atom stereocenters. The quantitative estimate of drug-likeness (QED) is 0.241. The molecule has 9 nitrogen and oxygen atoms in total. The van der Waals surface area contributed by atoms with Gasteiger partial charge < -0.3 is 23.8 Å². The fourth-order valence-corrected chi connectivity index (χ4v) is 3.96. The van der Waals surface area contributed by atoms with Crippen LogP contribution in [0.15, 0.2) is 60.9 Å². The van der Waals surface area contributed by atoms with Gasteiger partial charge in [-0.05, 0) is 94.0 Å². The van der Waals surface area contributed by atoms with Crippen molar-refractivity contribution in [2.24, 2.45) is 0 Å². The van der Waals surface area contributed by atoms with Crippen LogP contribution in [0.3, 0.4) is 0 Å². The molecule has 39 heavy (non-hydrogen) atoms. The van der Waals surface area contributed by atoms with Crippen LogP contribution in [-0.2, 0) is 11.3 Å². The molecule has 0 spiro atoms. The number of pyridine rings is 1. The summed E-state index contributed by atoms with van der Waals surface area (Å²) in [7, 11) is 0. The van der Waals surface area contributed by atoms with Crippen LogP contribution in [0.4, 0.5) is 5.69 Å². The number of carbonyl (C=O) groups is 2. The maximum Gasteiger partial charge on any atom is 0.338 e. The van der Waals surface area contributed by atoms with E-state index in [0.717, 1.165) is 5.56 Å². The smallest absolute Gasteiger partial charge is 0.338 e. The molecule has 0 aliphatic rings. The monoisotopic (exact) mass is 551 g/mol. The molecule has 0 unspecified atom stereocenters. The number of nitrogens with zero attached hydrogens (tertiary/aromatic N) is 2. The van der Waals surface area contributed by atoms with E-state index in [-0.39, 0.29) is 11.7 Å². The molecule has 0 bridgehead atoms. The number of thiocarbonyl (C=S) groups is 1. The summed E-state index contributed by atoms with van der Waals surface area (Å²) in [6.07, 6.45) is 3.37. The number of carbonyl (C=O) groups excluding carboxylic acids is 2. The lowest BCUT2D eigenvalue weighted by atomic mass is 10.1. The molecule has 206 valence electrons. The molecule has 0 saturated heterocycles. The predicted molar refractivity (Wildman–Crippen MR) is 153 cm³/mol. The van der Waals surface area contributed by atoms with Gasteiger partial charge in [0.15, 0.2) is 16.6 Å². The van der Waals surface area contributed by atoms with E-state index in [1.54, 1.807) is 60.6 Å². The largest absolute Gasteiger partial charge is 0.490 e. The van der Waals surface area contributed by atoms with Crippen molar-refractivity contribution >= 4 is 34.9 Å². The standard InChI is InChI=1S/C29H33N3O6S/c1-5-35-24-17-22(18-25(36-6-2)26(24)37-7-3)27(33)31-29(39)32(19-20-13-15-30-16-14-20)23-11-9-21(10-12-23)28(34)38-8-4/h9-18H,5-8,19H2,1-4H3,(H,31,33,39). The second kappa shape index (κ2) is 14.7. The van der Waals surface area contributed by atoms with Gasteiger partial charge in [0.25, 0.3) is 5.91 Å². The number of esters is 1. The Kier molecular flexibility index (Phi) is 11.1. The summed E-state index contributed by atoms with van der Waals surface area (Å²) >= 11 is 5.69. The van der Waals surface area contributed by atoms with Crippen molar-refractivity contribution in [3.05, 3.63) is 77.6 Å². The van der Waals surface area contributed by atoms with Gasteiger partial charge in [-0.15, -0.1) is 0 Å². The van der Waals surface area contributed by atoms with Gasteiger partial charge in [-0.2, -0.15) is 0 Å². The topological polar surface area (TPSA) is 99.2 Å². The van der Waals surface area contributed by atoms with Crippen LogP contribution in [0, 0.1) is 0 Å². The Morgan fingerprint density at radius 2 is 1.41 bits per heavy atom. The first-order chi connectivity index (χ1) is 18.9. The highest BCUT2D eigenvalue weighted by Gasteiger charge is 2.21. The molecule has 0 fully saturated rings. The number of hydrogen-bond donors (Lipinski definition) is 1. The number of benzene rings is 2. The number of hydrogen-bond acceptors (Lipinski definition) is 8. The summed E-state index contributed by atoms with van der Waals surface area (Å²) in [5.41, 5.74) is 2.33. The van der Waals surface area contributed by atoms with E-state index in [1.165, 1.54) is 0 Å². The van der Waals surface area contributed by atoms with Crippen molar-refractivity contribution in [3.8, 4) is 17.2 Å². The van der Waals surface area contributed by atoms with Gasteiger partial charge in [-0.3, -0.25) is 15.1 Å². The Bertz CT molecular complexity index is 1240. The molecule has 0 aliphatic carbocycles. The van der Waals surface area contributed by atoms with Crippen molar-refractivity contribution in [3.63, 3.8) is 0 Å². The molecule has 3 aromatic rings. The zero-order chi connectivity index (χ0) is 28.2. The van der Waals surface area contributed by atoms with Gasteiger partial charge in [0.2, 0.25) is 5.75 Å². The summed E-state index contributed by atoms with van der Waals surface area (Å²) in [5, 5.41) is 2.99. The van der Waals surface area contributed by atoms with E-state index in [1.807, 2.05) is 32.9 Å². The molecule has 0 aliphatic heterocycles.